The normalized spacial score (nSPS) is 9.89. The summed E-state index contributed by atoms with van der Waals surface area (Å²) in [7, 11) is 0. The SMILES string of the molecule is O=COc1ccc(Cc2ccc(C(=O)O)cc2)cc1. The summed E-state index contributed by atoms with van der Waals surface area (Å²) >= 11 is 0. The van der Waals surface area contributed by atoms with E-state index in [0.29, 0.717) is 18.6 Å². The van der Waals surface area contributed by atoms with Gasteiger partial charge in [0, 0.05) is 0 Å². The molecule has 2 rings (SSSR count). The number of hydrogen-bond acceptors (Lipinski definition) is 3. The lowest BCUT2D eigenvalue weighted by atomic mass is 10.0. The summed E-state index contributed by atoms with van der Waals surface area (Å²) in [6, 6.07) is 13.9. The first-order valence-corrected chi connectivity index (χ1v) is 5.70. The molecule has 0 aliphatic rings. The van der Waals surface area contributed by atoms with E-state index in [9.17, 15) is 9.59 Å². The van der Waals surface area contributed by atoms with Gasteiger partial charge < -0.3 is 9.84 Å². The maximum Gasteiger partial charge on any atom is 0.335 e. The molecule has 19 heavy (non-hydrogen) atoms. The molecule has 0 atom stereocenters. The van der Waals surface area contributed by atoms with Crippen LogP contribution < -0.4 is 4.74 Å². The molecule has 0 aromatic heterocycles. The van der Waals surface area contributed by atoms with Crippen molar-refractivity contribution in [2.24, 2.45) is 0 Å². The number of aromatic carboxylic acids is 1. The summed E-state index contributed by atoms with van der Waals surface area (Å²) in [6.45, 7) is 0.389. The Morgan fingerprint density at radius 2 is 1.53 bits per heavy atom. The summed E-state index contributed by atoms with van der Waals surface area (Å²) in [5, 5.41) is 8.80. The minimum atomic E-state index is -0.929. The van der Waals surface area contributed by atoms with Crippen LogP contribution >= 0.6 is 0 Å². The Bertz CT molecular complexity index is 570. The van der Waals surface area contributed by atoms with Gasteiger partial charge in [0.15, 0.2) is 0 Å². The highest BCUT2D eigenvalue weighted by Crippen LogP contribution is 2.15. The fourth-order valence-electron chi connectivity index (χ4n) is 1.74. The molecule has 4 nitrogen and oxygen atoms in total. The number of hydrogen-bond donors (Lipinski definition) is 1. The van der Waals surface area contributed by atoms with Crippen LogP contribution in [0.15, 0.2) is 48.5 Å². The van der Waals surface area contributed by atoms with Crippen LogP contribution in [-0.2, 0) is 11.2 Å². The van der Waals surface area contributed by atoms with Crippen molar-refractivity contribution < 1.29 is 19.4 Å². The molecule has 0 saturated carbocycles. The van der Waals surface area contributed by atoms with Gasteiger partial charge in [0.05, 0.1) is 5.56 Å². The molecular weight excluding hydrogens is 244 g/mol. The van der Waals surface area contributed by atoms with Gasteiger partial charge in [-0.3, -0.25) is 4.79 Å². The van der Waals surface area contributed by atoms with Crippen molar-refractivity contribution in [3.63, 3.8) is 0 Å². The van der Waals surface area contributed by atoms with Crippen molar-refractivity contribution in [3.05, 3.63) is 65.2 Å². The number of carboxylic acids is 1. The van der Waals surface area contributed by atoms with Gasteiger partial charge in [0.1, 0.15) is 5.75 Å². The van der Waals surface area contributed by atoms with Gasteiger partial charge in [-0.25, -0.2) is 4.79 Å². The maximum atomic E-state index is 10.7. The molecule has 0 bridgehead atoms. The second kappa shape index (κ2) is 5.82. The van der Waals surface area contributed by atoms with E-state index >= 15 is 0 Å². The van der Waals surface area contributed by atoms with Crippen LogP contribution in [0.2, 0.25) is 0 Å². The third-order valence-corrected chi connectivity index (χ3v) is 2.72. The van der Waals surface area contributed by atoms with Crippen molar-refractivity contribution in [2.45, 2.75) is 6.42 Å². The first-order valence-electron chi connectivity index (χ1n) is 5.70. The van der Waals surface area contributed by atoms with E-state index in [-0.39, 0.29) is 5.56 Å². The number of carbonyl (C=O) groups is 2. The van der Waals surface area contributed by atoms with Crippen LogP contribution in [0.25, 0.3) is 0 Å². The molecule has 96 valence electrons. The van der Waals surface area contributed by atoms with Crippen LogP contribution in [0, 0.1) is 0 Å². The maximum absolute atomic E-state index is 10.7. The van der Waals surface area contributed by atoms with Gasteiger partial charge in [-0.15, -0.1) is 0 Å². The number of ether oxygens (including phenoxy) is 1. The van der Waals surface area contributed by atoms with Gasteiger partial charge in [0.2, 0.25) is 0 Å². The zero-order valence-corrected chi connectivity index (χ0v) is 10.1. The molecule has 0 aliphatic carbocycles. The van der Waals surface area contributed by atoms with Gasteiger partial charge in [-0.05, 0) is 41.8 Å². The van der Waals surface area contributed by atoms with Gasteiger partial charge in [-0.1, -0.05) is 24.3 Å². The molecule has 0 fully saturated rings. The van der Waals surface area contributed by atoms with Crippen LogP contribution in [0.1, 0.15) is 21.5 Å². The lowest BCUT2D eigenvalue weighted by molar-refractivity contribution is -0.120. The van der Waals surface area contributed by atoms with E-state index < -0.39 is 5.97 Å². The van der Waals surface area contributed by atoms with Crippen molar-refractivity contribution >= 4 is 12.4 Å². The van der Waals surface area contributed by atoms with Crippen LogP contribution in [0.4, 0.5) is 0 Å². The smallest absolute Gasteiger partial charge is 0.335 e. The first kappa shape index (κ1) is 12.8. The molecule has 2 aromatic rings. The quantitative estimate of drug-likeness (QED) is 0.835. The topological polar surface area (TPSA) is 63.6 Å². The highest BCUT2D eigenvalue weighted by Gasteiger charge is 2.02. The Hall–Kier alpha value is -2.62. The lowest BCUT2D eigenvalue weighted by Gasteiger charge is -2.04. The zero-order valence-electron chi connectivity index (χ0n) is 10.1. The van der Waals surface area contributed by atoms with Crippen molar-refractivity contribution in [3.8, 4) is 5.75 Å². The predicted octanol–water partition coefficient (Wildman–Crippen LogP) is 2.51. The number of carbonyl (C=O) groups excluding carboxylic acids is 1. The number of carboxylic acid groups (broad SMARTS) is 1. The van der Waals surface area contributed by atoms with Crippen molar-refractivity contribution in [1.82, 2.24) is 0 Å². The minimum absolute atomic E-state index is 0.276. The number of benzene rings is 2. The van der Waals surface area contributed by atoms with Crippen LogP contribution in [0.5, 0.6) is 5.75 Å². The third-order valence-electron chi connectivity index (χ3n) is 2.72. The summed E-state index contributed by atoms with van der Waals surface area (Å²) < 4.78 is 4.71. The monoisotopic (exact) mass is 256 g/mol. The van der Waals surface area contributed by atoms with Gasteiger partial charge in [0.25, 0.3) is 6.47 Å². The van der Waals surface area contributed by atoms with E-state index in [1.54, 1.807) is 36.4 Å². The molecule has 0 saturated heterocycles. The molecule has 0 aliphatic heterocycles. The van der Waals surface area contributed by atoms with E-state index in [1.165, 1.54) is 0 Å². The second-order valence-electron chi connectivity index (χ2n) is 4.04. The van der Waals surface area contributed by atoms with E-state index in [4.69, 9.17) is 9.84 Å². The highest BCUT2D eigenvalue weighted by molar-refractivity contribution is 5.87. The molecule has 0 heterocycles. The molecule has 2 aromatic carbocycles. The molecular formula is C15H12O4. The van der Waals surface area contributed by atoms with E-state index in [2.05, 4.69) is 0 Å². The highest BCUT2D eigenvalue weighted by atomic mass is 16.5. The zero-order chi connectivity index (χ0) is 13.7. The standard InChI is InChI=1S/C15H12O4/c16-10-19-14-7-3-12(4-8-14)9-11-1-5-13(6-2-11)15(17)18/h1-8,10H,9H2,(H,17,18). The average Bonchev–Trinajstić information content (AvgIpc) is 2.42. The van der Waals surface area contributed by atoms with Crippen LogP contribution in [0.3, 0.4) is 0 Å². The van der Waals surface area contributed by atoms with E-state index in [1.807, 2.05) is 12.1 Å². The number of rotatable bonds is 5. The fourth-order valence-corrected chi connectivity index (χ4v) is 1.74. The van der Waals surface area contributed by atoms with Crippen molar-refractivity contribution in [2.75, 3.05) is 0 Å². The first-order chi connectivity index (χ1) is 9.19. The summed E-state index contributed by atoms with van der Waals surface area (Å²) in [5.41, 5.74) is 2.36. The largest absolute Gasteiger partial charge is 0.478 e. The molecule has 1 N–H and O–H groups in total. The Morgan fingerprint density at radius 1 is 1.00 bits per heavy atom. The molecule has 4 heteroatoms. The Balaban J connectivity index is 2.07. The van der Waals surface area contributed by atoms with Gasteiger partial charge in [-0.2, -0.15) is 0 Å². The minimum Gasteiger partial charge on any atom is -0.478 e. The molecule has 0 radical (unpaired) electrons. The second-order valence-corrected chi connectivity index (χ2v) is 4.04. The Labute approximate surface area is 110 Å². The lowest BCUT2D eigenvalue weighted by Crippen LogP contribution is -1.96. The Morgan fingerprint density at radius 3 is 2.00 bits per heavy atom. The summed E-state index contributed by atoms with van der Waals surface area (Å²) in [5.74, 6) is -0.429. The predicted molar refractivity (Wildman–Crippen MR) is 69.3 cm³/mol. The van der Waals surface area contributed by atoms with Crippen LogP contribution in [-0.4, -0.2) is 17.5 Å². The van der Waals surface area contributed by atoms with Gasteiger partial charge >= 0.3 is 5.97 Å². The van der Waals surface area contributed by atoms with Crippen molar-refractivity contribution in [1.29, 1.82) is 0 Å². The molecule has 0 spiro atoms. The third kappa shape index (κ3) is 3.42. The fraction of sp³-hybridized carbons (Fsp3) is 0.0667. The van der Waals surface area contributed by atoms with E-state index in [0.717, 1.165) is 11.1 Å². The molecule has 0 amide bonds. The molecule has 0 unspecified atom stereocenters. The summed E-state index contributed by atoms with van der Waals surface area (Å²) in [6.07, 6.45) is 0.696. The average molecular weight is 256 g/mol. The summed E-state index contributed by atoms with van der Waals surface area (Å²) in [4.78, 5) is 20.9. The Kier molecular flexibility index (Phi) is 3.93.